The van der Waals surface area contributed by atoms with Crippen LogP contribution in [0.15, 0.2) is 48.6 Å². The summed E-state index contributed by atoms with van der Waals surface area (Å²) in [5, 5.41) is 9.82. The largest absolute Gasteiger partial charge is 0.472 e. The second kappa shape index (κ2) is 56.6. The number of aliphatic hydroxyl groups excluding tert-OH is 1. The summed E-state index contributed by atoms with van der Waals surface area (Å²) in [7, 11) is -4.75. The number of carbonyl (C=O) groups is 3. The number of allylic oxidation sites excluding steroid dienone is 8. The van der Waals surface area contributed by atoms with Crippen molar-refractivity contribution in [2.45, 2.75) is 303 Å². The van der Waals surface area contributed by atoms with Gasteiger partial charge in [0.25, 0.3) is 0 Å². The number of phosphoric acid groups is 1. The van der Waals surface area contributed by atoms with E-state index in [-0.39, 0.29) is 25.9 Å². The fourth-order valence-electron chi connectivity index (χ4n) is 8.64. The summed E-state index contributed by atoms with van der Waals surface area (Å²) in [5.41, 5.74) is 0. The molecule has 0 radical (unpaired) electrons. The molecular formula is C62H113O11P. The number of ether oxygens (including phenoxy) is 3. The number of esters is 3. The molecule has 0 fully saturated rings. The zero-order valence-corrected chi connectivity index (χ0v) is 48.7. The Balaban J connectivity index is 4.72. The summed E-state index contributed by atoms with van der Waals surface area (Å²) in [6.07, 6.45) is 60.6. The number of aliphatic hydroxyl groups is 1. The molecule has 432 valence electrons. The topological polar surface area (TPSA) is 155 Å². The third-order valence-electron chi connectivity index (χ3n) is 13.3. The van der Waals surface area contributed by atoms with Gasteiger partial charge in [-0.05, 0) is 57.8 Å². The van der Waals surface area contributed by atoms with Crippen LogP contribution in [-0.4, -0.2) is 66.5 Å². The van der Waals surface area contributed by atoms with Crippen LogP contribution < -0.4 is 0 Å². The lowest BCUT2D eigenvalue weighted by Crippen LogP contribution is -2.30. The summed E-state index contributed by atoms with van der Waals surface area (Å²) in [5.74, 6) is -1.47. The molecule has 74 heavy (non-hydrogen) atoms. The standard InChI is InChI=1S/C62H113O11P/c1-4-7-10-13-16-19-22-25-27-29-31-34-36-39-42-45-48-51-60(64)69-55-59(73-62(66)53-50-47-44-41-38-35-32-30-28-26-23-20-17-14-11-8-5-2)57-71-74(67,68)70-56-58(54-63)72-61(65)52-49-46-43-40-37-33-24-21-18-15-12-9-6-3/h8,11,17,20,26,28,32,35,58-59,63H,4-7,9-10,12-16,18-19,21-25,27,29-31,33-34,36-57H2,1-3H3,(H,67,68)/b11-8-,20-17-,28-26-,35-32-. The molecule has 0 rings (SSSR count). The summed E-state index contributed by atoms with van der Waals surface area (Å²) in [6, 6.07) is 0. The lowest BCUT2D eigenvalue weighted by Gasteiger charge is -2.21. The summed E-state index contributed by atoms with van der Waals surface area (Å²) in [4.78, 5) is 48.6. The van der Waals surface area contributed by atoms with Gasteiger partial charge in [-0.2, -0.15) is 0 Å². The summed E-state index contributed by atoms with van der Waals surface area (Å²) >= 11 is 0. The molecule has 12 heteroatoms. The van der Waals surface area contributed by atoms with Crippen LogP contribution in [0.3, 0.4) is 0 Å². The first kappa shape index (κ1) is 71.4. The molecule has 0 saturated heterocycles. The van der Waals surface area contributed by atoms with E-state index in [4.69, 9.17) is 23.3 Å². The number of hydrogen-bond donors (Lipinski definition) is 2. The molecule has 0 bridgehead atoms. The van der Waals surface area contributed by atoms with Gasteiger partial charge in [-0.25, -0.2) is 4.57 Å². The summed E-state index contributed by atoms with van der Waals surface area (Å²) < 4.78 is 39.6. The molecule has 3 unspecified atom stereocenters. The predicted molar refractivity (Wildman–Crippen MR) is 307 cm³/mol. The predicted octanol–water partition coefficient (Wildman–Crippen LogP) is 18.1. The lowest BCUT2D eigenvalue weighted by atomic mass is 10.0. The fourth-order valence-corrected chi connectivity index (χ4v) is 9.43. The summed E-state index contributed by atoms with van der Waals surface area (Å²) in [6.45, 7) is 4.55. The van der Waals surface area contributed by atoms with Gasteiger partial charge in [0.15, 0.2) is 6.10 Å². The molecule has 0 aliphatic heterocycles. The molecule has 0 aromatic carbocycles. The number of rotatable bonds is 57. The van der Waals surface area contributed by atoms with Gasteiger partial charge < -0.3 is 24.2 Å². The molecule has 11 nitrogen and oxygen atoms in total. The van der Waals surface area contributed by atoms with Gasteiger partial charge in [-0.15, -0.1) is 0 Å². The number of hydrogen-bond acceptors (Lipinski definition) is 10. The fraction of sp³-hybridized carbons (Fsp3) is 0.823. The van der Waals surface area contributed by atoms with Crippen molar-refractivity contribution < 1.29 is 52.2 Å². The lowest BCUT2D eigenvalue weighted by molar-refractivity contribution is -0.161. The van der Waals surface area contributed by atoms with Crippen molar-refractivity contribution in [2.24, 2.45) is 0 Å². The van der Waals surface area contributed by atoms with Crippen molar-refractivity contribution in [1.82, 2.24) is 0 Å². The van der Waals surface area contributed by atoms with E-state index in [1.807, 2.05) is 0 Å². The SMILES string of the molecule is CC/C=C\C/C=C\C/C=C\C/C=C\CCCCCCC(=O)OC(COC(=O)CCCCCCCCCCCCCCCCCCC)COP(=O)(O)OCC(CO)OC(=O)CCCCCCCCCCCCCCC. The normalized spacial score (nSPS) is 13.6. The molecule has 0 aliphatic rings. The third kappa shape index (κ3) is 54.2. The van der Waals surface area contributed by atoms with E-state index in [1.165, 1.54) is 141 Å². The monoisotopic (exact) mass is 1060 g/mol. The highest BCUT2D eigenvalue weighted by molar-refractivity contribution is 7.47. The van der Waals surface area contributed by atoms with E-state index in [0.717, 1.165) is 89.9 Å². The Morgan fingerprint density at radius 2 is 0.703 bits per heavy atom. The van der Waals surface area contributed by atoms with Crippen molar-refractivity contribution in [1.29, 1.82) is 0 Å². The van der Waals surface area contributed by atoms with Crippen molar-refractivity contribution >= 4 is 25.7 Å². The first-order valence-corrected chi connectivity index (χ1v) is 32.0. The molecule has 0 heterocycles. The van der Waals surface area contributed by atoms with E-state index in [1.54, 1.807) is 0 Å². The maximum atomic E-state index is 12.9. The van der Waals surface area contributed by atoms with Gasteiger partial charge in [0, 0.05) is 19.3 Å². The van der Waals surface area contributed by atoms with Crippen molar-refractivity contribution in [2.75, 3.05) is 26.4 Å². The molecule has 3 atom stereocenters. The van der Waals surface area contributed by atoms with Crippen LogP contribution in [0.4, 0.5) is 0 Å². The Morgan fingerprint density at radius 3 is 1.08 bits per heavy atom. The minimum atomic E-state index is -4.75. The van der Waals surface area contributed by atoms with Gasteiger partial charge in [-0.3, -0.25) is 23.4 Å². The van der Waals surface area contributed by atoms with Crippen LogP contribution >= 0.6 is 7.82 Å². The maximum absolute atomic E-state index is 12.9. The van der Waals surface area contributed by atoms with E-state index in [0.29, 0.717) is 19.3 Å². The smallest absolute Gasteiger partial charge is 0.462 e. The first-order chi connectivity index (χ1) is 36.2. The first-order valence-electron chi connectivity index (χ1n) is 30.5. The van der Waals surface area contributed by atoms with Crippen molar-refractivity contribution in [3.63, 3.8) is 0 Å². The maximum Gasteiger partial charge on any atom is 0.472 e. The Morgan fingerprint density at radius 1 is 0.392 bits per heavy atom. The van der Waals surface area contributed by atoms with Gasteiger partial charge in [0.2, 0.25) is 0 Å². The van der Waals surface area contributed by atoms with Crippen LogP contribution in [0.1, 0.15) is 290 Å². The molecule has 0 saturated carbocycles. The van der Waals surface area contributed by atoms with Crippen LogP contribution in [0.2, 0.25) is 0 Å². The molecule has 0 spiro atoms. The molecule has 0 amide bonds. The van der Waals surface area contributed by atoms with E-state index in [9.17, 15) is 28.9 Å². The molecule has 0 aliphatic carbocycles. The molecule has 0 aromatic heterocycles. The van der Waals surface area contributed by atoms with Crippen LogP contribution in [0, 0.1) is 0 Å². The minimum Gasteiger partial charge on any atom is -0.462 e. The van der Waals surface area contributed by atoms with E-state index < -0.39 is 57.8 Å². The average molecular weight is 1070 g/mol. The Bertz CT molecular complexity index is 1430. The van der Waals surface area contributed by atoms with Crippen LogP contribution in [0.5, 0.6) is 0 Å². The molecule has 0 aromatic rings. The van der Waals surface area contributed by atoms with Gasteiger partial charge >= 0.3 is 25.7 Å². The molecule has 2 N–H and O–H groups in total. The second-order valence-electron chi connectivity index (χ2n) is 20.5. The third-order valence-corrected chi connectivity index (χ3v) is 14.2. The van der Waals surface area contributed by atoms with Crippen molar-refractivity contribution in [3.8, 4) is 0 Å². The molecular weight excluding hydrogens is 952 g/mol. The average Bonchev–Trinajstić information content (AvgIpc) is 3.39. The highest BCUT2D eigenvalue weighted by Crippen LogP contribution is 2.43. The van der Waals surface area contributed by atoms with Gasteiger partial charge in [0.05, 0.1) is 19.8 Å². The zero-order chi connectivity index (χ0) is 54.1. The van der Waals surface area contributed by atoms with Crippen LogP contribution in [-0.2, 0) is 42.2 Å². The van der Waals surface area contributed by atoms with E-state index >= 15 is 0 Å². The Hall–Kier alpha value is -2.56. The zero-order valence-electron chi connectivity index (χ0n) is 47.8. The minimum absolute atomic E-state index is 0.143. The van der Waals surface area contributed by atoms with Gasteiger partial charge in [-0.1, -0.05) is 262 Å². The number of unbranched alkanes of at least 4 members (excludes halogenated alkanes) is 32. The van der Waals surface area contributed by atoms with Gasteiger partial charge in [0.1, 0.15) is 12.7 Å². The highest BCUT2D eigenvalue weighted by Gasteiger charge is 2.28. The number of phosphoric ester groups is 1. The number of carbonyl (C=O) groups excluding carboxylic acids is 3. The second-order valence-corrected chi connectivity index (χ2v) is 22.0. The van der Waals surface area contributed by atoms with Crippen LogP contribution in [0.25, 0.3) is 0 Å². The van der Waals surface area contributed by atoms with E-state index in [2.05, 4.69) is 69.4 Å². The Kier molecular flexibility index (Phi) is 54.7. The van der Waals surface area contributed by atoms with Crippen molar-refractivity contribution in [3.05, 3.63) is 48.6 Å². The quantitative estimate of drug-likeness (QED) is 0.0197. The Labute approximate surface area is 453 Å². The highest BCUT2D eigenvalue weighted by atomic mass is 31.2.